The zero-order chi connectivity index (χ0) is 10.7. The van der Waals surface area contributed by atoms with Gasteiger partial charge in [-0.1, -0.05) is 19.1 Å². The molecule has 0 aromatic heterocycles. The molecule has 1 aliphatic rings. The maximum Gasteiger partial charge on any atom is 0.217 e. The quantitative estimate of drug-likeness (QED) is 0.734. The fourth-order valence-electron chi connectivity index (χ4n) is 1.54. The standard InChI is InChI=1S/C12H12N2O/c1-2-10-8-15-12(14-10)11-6-4-3-5-9(11)7-13/h3-6,10H,2,8H2,1H3/t10-/m0/s1. The topological polar surface area (TPSA) is 45.4 Å². The lowest BCUT2D eigenvalue weighted by molar-refractivity contribution is 0.315. The molecule has 3 heteroatoms. The lowest BCUT2D eigenvalue weighted by Crippen LogP contribution is -2.04. The van der Waals surface area contributed by atoms with Gasteiger partial charge in [0.05, 0.1) is 23.2 Å². The van der Waals surface area contributed by atoms with Gasteiger partial charge in [0.2, 0.25) is 5.90 Å². The zero-order valence-corrected chi connectivity index (χ0v) is 8.60. The van der Waals surface area contributed by atoms with Crippen LogP contribution in [0.4, 0.5) is 0 Å². The summed E-state index contributed by atoms with van der Waals surface area (Å²) in [5.74, 6) is 0.610. The van der Waals surface area contributed by atoms with Crippen molar-refractivity contribution in [3.05, 3.63) is 35.4 Å². The Hall–Kier alpha value is -1.82. The van der Waals surface area contributed by atoms with Gasteiger partial charge in [0.1, 0.15) is 6.61 Å². The van der Waals surface area contributed by atoms with Crippen molar-refractivity contribution in [1.82, 2.24) is 0 Å². The van der Waals surface area contributed by atoms with Gasteiger partial charge in [-0.15, -0.1) is 0 Å². The van der Waals surface area contributed by atoms with E-state index in [2.05, 4.69) is 18.0 Å². The Morgan fingerprint density at radius 3 is 3.00 bits per heavy atom. The van der Waals surface area contributed by atoms with E-state index in [-0.39, 0.29) is 6.04 Å². The van der Waals surface area contributed by atoms with Crippen molar-refractivity contribution in [1.29, 1.82) is 5.26 Å². The van der Waals surface area contributed by atoms with Gasteiger partial charge >= 0.3 is 0 Å². The lowest BCUT2D eigenvalue weighted by atomic mass is 10.1. The van der Waals surface area contributed by atoms with Crippen molar-refractivity contribution < 1.29 is 4.74 Å². The minimum atomic E-state index is 0.242. The predicted octanol–water partition coefficient (Wildman–Crippen LogP) is 2.11. The highest BCUT2D eigenvalue weighted by Gasteiger charge is 2.20. The van der Waals surface area contributed by atoms with E-state index in [1.54, 1.807) is 6.07 Å². The Labute approximate surface area is 89.0 Å². The van der Waals surface area contributed by atoms with Crippen LogP contribution in [0.2, 0.25) is 0 Å². The molecule has 1 aromatic carbocycles. The molecule has 1 atom stereocenters. The van der Waals surface area contributed by atoms with E-state index in [0.717, 1.165) is 12.0 Å². The zero-order valence-electron chi connectivity index (χ0n) is 8.60. The highest BCUT2D eigenvalue weighted by Crippen LogP contribution is 2.16. The number of nitriles is 1. The molecule has 1 aromatic rings. The molecule has 2 rings (SSSR count). The molecule has 0 N–H and O–H groups in total. The van der Waals surface area contributed by atoms with Crippen molar-refractivity contribution in [2.75, 3.05) is 6.61 Å². The third kappa shape index (κ3) is 1.84. The van der Waals surface area contributed by atoms with Gasteiger partial charge in [-0.2, -0.15) is 5.26 Å². The van der Waals surface area contributed by atoms with Crippen molar-refractivity contribution >= 4 is 5.90 Å². The van der Waals surface area contributed by atoms with Crippen LogP contribution < -0.4 is 0 Å². The van der Waals surface area contributed by atoms with Crippen LogP contribution >= 0.6 is 0 Å². The van der Waals surface area contributed by atoms with Gasteiger partial charge in [-0.25, -0.2) is 4.99 Å². The summed E-state index contributed by atoms with van der Waals surface area (Å²) in [5, 5.41) is 8.94. The summed E-state index contributed by atoms with van der Waals surface area (Å²) in [5.41, 5.74) is 1.42. The summed E-state index contributed by atoms with van der Waals surface area (Å²) < 4.78 is 5.48. The average molecular weight is 200 g/mol. The van der Waals surface area contributed by atoms with Crippen molar-refractivity contribution in [3.63, 3.8) is 0 Å². The molecule has 1 aliphatic heterocycles. The maximum absolute atomic E-state index is 8.94. The Balaban J connectivity index is 2.35. The second-order valence-electron chi connectivity index (χ2n) is 3.46. The first kappa shape index (κ1) is 9.72. The Morgan fingerprint density at radius 2 is 2.33 bits per heavy atom. The highest BCUT2D eigenvalue weighted by atomic mass is 16.5. The van der Waals surface area contributed by atoms with E-state index in [1.807, 2.05) is 18.2 Å². The van der Waals surface area contributed by atoms with Crippen molar-refractivity contribution in [2.45, 2.75) is 19.4 Å². The third-order valence-corrected chi connectivity index (χ3v) is 2.46. The summed E-state index contributed by atoms with van der Waals surface area (Å²) in [6, 6.07) is 9.77. The molecular weight excluding hydrogens is 188 g/mol. The van der Waals surface area contributed by atoms with Crippen LogP contribution in [0.25, 0.3) is 0 Å². The van der Waals surface area contributed by atoms with Crippen molar-refractivity contribution in [2.24, 2.45) is 4.99 Å². The Morgan fingerprint density at radius 1 is 1.53 bits per heavy atom. The minimum Gasteiger partial charge on any atom is -0.475 e. The molecule has 0 saturated carbocycles. The van der Waals surface area contributed by atoms with Crippen LogP contribution in [-0.2, 0) is 4.74 Å². The Kier molecular flexibility index (Phi) is 2.68. The molecule has 1 heterocycles. The molecule has 0 saturated heterocycles. The fraction of sp³-hybridized carbons (Fsp3) is 0.333. The molecule has 0 amide bonds. The second-order valence-corrected chi connectivity index (χ2v) is 3.46. The van der Waals surface area contributed by atoms with Gasteiger partial charge in [-0.3, -0.25) is 0 Å². The van der Waals surface area contributed by atoms with E-state index in [4.69, 9.17) is 10.00 Å². The molecule has 0 unspecified atom stereocenters. The first-order valence-corrected chi connectivity index (χ1v) is 5.05. The summed E-state index contributed by atoms with van der Waals surface area (Å²) in [6.45, 7) is 2.71. The molecule has 0 aliphatic carbocycles. The first-order valence-electron chi connectivity index (χ1n) is 5.05. The van der Waals surface area contributed by atoms with Crippen LogP contribution in [0.15, 0.2) is 29.3 Å². The van der Waals surface area contributed by atoms with E-state index in [1.165, 1.54) is 0 Å². The largest absolute Gasteiger partial charge is 0.475 e. The van der Waals surface area contributed by atoms with E-state index in [9.17, 15) is 0 Å². The number of benzene rings is 1. The van der Waals surface area contributed by atoms with Crippen LogP contribution in [0.3, 0.4) is 0 Å². The SMILES string of the molecule is CC[C@H]1COC(c2ccccc2C#N)=N1. The molecule has 15 heavy (non-hydrogen) atoms. The highest BCUT2D eigenvalue weighted by molar-refractivity contribution is 5.97. The fourth-order valence-corrected chi connectivity index (χ4v) is 1.54. The van der Waals surface area contributed by atoms with Crippen molar-refractivity contribution in [3.8, 4) is 6.07 Å². The maximum atomic E-state index is 8.94. The van der Waals surface area contributed by atoms with Gasteiger partial charge < -0.3 is 4.74 Å². The van der Waals surface area contributed by atoms with Crippen LogP contribution in [-0.4, -0.2) is 18.5 Å². The summed E-state index contributed by atoms with van der Waals surface area (Å²) in [4.78, 5) is 4.43. The molecule has 0 bridgehead atoms. The van der Waals surface area contributed by atoms with Gasteiger partial charge in [0.25, 0.3) is 0 Å². The molecule has 0 spiro atoms. The lowest BCUT2D eigenvalue weighted by Gasteiger charge is -2.02. The molecule has 3 nitrogen and oxygen atoms in total. The summed E-state index contributed by atoms with van der Waals surface area (Å²) in [7, 11) is 0. The number of ether oxygens (including phenoxy) is 1. The third-order valence-electron chi connectivity index (χ3n) is 2.46. The molecule has 76 valence electrons. The Bertz CT molecular complexity index is 431. The van der Waals surface area contributed by atoms with Gasteiger partial charge in [0.15, 0.2) is 0 Å². The van der Waals surface area contributed by atoms with Crippen LogP contribution in [0, 0.1) is 11.3 Å². The number of nitrogens with zero attached hydrogens (tertiary/aromatic N) is 2. The smallest absolute Gasteiger partial charge is 0.217 e. The van der Waals surface area contributed by atoms with Gasteiger partial charge in [-0.05, 0) is 18.6 Å². The van der Waals surface area contributed by atoms with E-state index < -0.39 is 0 Å². The van der Waals surface area contributed by atoms with Crippen LogP contribution in [0.5, 0.6) is 0 Å². The number of aliphatic imine (C=N–C) groups is 1. The monoisotopic (exact) mass is 200 g/mol. The minimum absolute atomic E-state index is 0.242. The average Bonchev–Trinajstić information content (AvgIpc) is 2.77. The molecule has 0 radical (unpaired) electrons. The molecular formula is C12H12N2O. The van der Waals surface area contributed by atoms with E-state index in [0.29, 0.717) is 18.1 Å². The van der Waals surface area contributed by atoms with Gasteiger partial charge in [0, 0.05) is 0 Å². The number of rotatable bonds is 2. The number of hydrogen-bond acceptors (Lipinski definition) is 3. The second kappa shape index (κ2) is 4.14. The van der Waals surface area contributed by atoms with E-state index >= 15 is 0 Å². The summed E-state index contributed by atoms with van der Waals surface area (Å²) in [6.07, 6.45) is 0.970. The predicted molar refractivity (Wildman–Crippen MR) is 57.7 cm³/mol. The number of hydrogen-bond donors (Lipinski definition) is 0. The van der Waals surface area contributed by atoms with Crippen LogP contribution in [0.1, 0.15) is 24.5 Å². The molecule has 0 fully saturated rings. The normalized spacial score (nSPS) is 19.2. The first-order chi connectivity index (χ1) is 7.35. The summed E-state index contributed by atoms with van der Waals surface area (Å²) >= 11 is 0.